The highest BCUT2D eigenvalue weighted by Crippen LogP contribution is 2.09. The molecule has 0 radical (unpaired) electrons. The number of halogens is 2. The monoisotopic (exact) mass is 328 g/mol. The van der Waals surface area contributed by atoms with Gasteiger partial charge in [-0.3, -0.25) is 0 Å². The second-order valence-electron chi connectivity index (χ2n) is 1.26. The first-order valence-corrected chi connectivity index (χ1v) is 4.20. The minimum atomic E-state index is 1.14. The van der Waals surface area contributed by atoms with Crippen LogP contribution in [0.1, 0.15) is 0 Å². The molecule has 0 aromatic heterocycles. The third-order valence-electron chi connectivity index (χ3n) is 0.705. The Balaban J connectivity index is 3.13. The minimum absolute atomic E-state index is 1.14. The van der Waals surface area contributed by atoms with E-state index in [0.717, 1.165) is 3.57 Å². The lowest BCUT2D eigenvalue weighted by molar-refractivity contribution is 1.61. The second-order valence-corrected chi connectivity index (χ2v) is 3.51. The molecule has 2 heteroatoms. The Morgan fingerprint density at radius 1 is 1.38 bits per heavy atom. The molecule has 0 spiro atoms. The van der Waals surface area contributed by atoms with Crippen molar-refractivity contribution in [2.24, 2.45) is 0 Å². The van der Waals surface area contributed by atoms with Crippen molar-refractivity contribution in [1.29, 1.82) is 0 Å². The van der Waals surface area contributed by atoms with Gasteiger partial charge in [0.25, 0.3) is 0 Å². The van der Waals surface area contributed by atoms with Gasteiger partial charge in [-0.25, -0.2) is 0 Å². The highest BCUT2D eigenvalue weighted by molar-refractivity contribution is 14.1. The molecule has 0 aliphatic carbocycles. The van der Waals surface area contributed by atoms with Crippen molar-refractivity contribution in [3.05, 3.63) is 31.4 Å². The lowest BCUT2D eigenvalue weighted by atomic mass is 10.4. The van der Waals surface area contributed by atoms with Gasteiger partial charge in [0.1, 0.15) is 0 Å². The van der Waals surface area contributed by atoms with Crippen LogP contribution < -0.4 is 0 Å². The first kappa shape index (κ1) is 6.62. The highest BCUT2D eigenvalue weighted by Gasteiger charge is 1.86. The molecule has 1 aromatic carbocycles. The van der Waals surface area contributed by atoms with Crippen LogP contribution in [-0.4, -0.2) is 0 Å². The molecule has 0 aliphatic heterocycles. The maximum absolute atomic E-state index is 2.95. The van der Waals surface area contributed by atoms with E-state index in [1.165, 1.54) is 3.57 Å². The molecule has 0 unspecified atom stereocenters. The van der Waals surface area contributed by atoms with Crippen LogP contribution in [0.4, 0.5) is 0 Å². The van der Waals surface area contributed by atoms with Crippen LogP contribution in [0.5, 0.6) is 0 Å². The summed E-state index contributed by atoms with van der Waals surface area (Å²) in [5.41, 5.74) is 0. The normalized spacial score (nSPS) is 8.25. The van der Waals surface area contributed by atoms with Crippen molar-refractivity contribution < 1.29 is 0 Å². The zero-order valence-electron chi connectivity index (χ0n) is 3.91. The fourth-order valence-corrected chi connectivity index (χ4v) is 1.00. The molecule has 0 atom stereocenters. The van der Waals surface area contributed by atoms with Crippen LogP contribution in [-0.2, 0) is 0 Å². The fraction of sp³-hybridized carbons (Fsp3) is 0. The van der Waals surface area contributed by atoms with Crippen molar-refractivity contribution in [1.82, 2.24) is 0 Å². The molecule has 40 valence electrons. The van der Waals surface area contributed by atoms with E-state index in [-0.39, 0.29) is 0 Å². The summed E-state index contributed by atoms with van der Waals surface area (Å²) >= 11 is 4.50. The van der Waals surface area contributed by atoms with Crippen LogP contribution in [0.3, 0.4) is 0 Å². The maximum atomic E-state index is 2.95. The van der Waals surface area contributed by atoms with Crippen LogP contribution in [0.2, 0.25) is 0 Å². The van der Waals surface area contributed by atoms with E-state index in [1.807, 2.05) is 12.1 Å². The minimum Gasteiger partial charge on any atom is -0.0691 e. The largest absolute Gasteiger partial charge is 0.0766 e. The van der Waals surface area contributed by atoms with Crippen molar-refractivity contribution in [2.75, 3.05) is 0 Å². The van der Waals surface area contributed by atoms with Gasteiger partial charge in [-0.2, -0.15) is 0 Å². The molecule has 1 rings (SSSR count). The Hall–Kier alpha value is 0.500. The predicted molar refractivity (Wildman–Crippen MR) is 49.5 cm³/mol. The van der Waals surface area contributed by atoms with Gasteiger partial charge in [0.15, 0.2) is 0 Å². The third kappa shape index (κ3) is 1.49. The summed E-state index contributed by atoms with van der Waals surface area (Å²) in [5.74, 6) is 0. The molecular weight excluding hydrogens is 326 g/mol. The average Bonchev–Trinajstić information content (AvgIpc) is 1.77. The van der Waals surface area contributed by atoms with E-state index in [1.54, 1.807) is 0 Å². The molecule has 0 saturated heterocycles. The number of rotatable bonds is 0. The maximum Gasteiger partial charge on any atom is 0.0766 e. The van der Waals surface area contributed by atoms with Crippen molar-refractivity contribution in [3.8, 4) is 0 Å². The first-order chi connectivity index (χ1) is 3.80. The third-order valence-corrected chi connectivity index (χ3v) is 3.49. The zero-order valence-corrected chi connectivity index (χ0v) is 8.23. The molecule has 1 aromatic rings. The highest BCUT2D eigenvalue weighted by atomic mass is 127. The van der Waals surface area contributed by atoms with Crippen molar-refractivity contribution >= 4 is 45.2 Å². The SMILES string of the molecule is Ic1c#cccc1I. The fourth-order valence-electron chi connectivity index (χ4n) is 0.353. The van der Waals surface area contributed by atoms with Crippen LogP contribution in [0.15, 0.2) is 12.1 Å². The van der Waals surface area contributed by atoms with Gasteiger partial charge in [-0.1, -0.05) is 12.1 Å². The Morgan fingerprint density at radius 2 is 2.12 bits per heavy atom. The Morgan fingerprint density at radius 3 is 2.50 bits per heavy atom. The van der Waals surface area contributed by atoms with Gasteiger partial charge in [-0.05, 0) is 57.3 Å². The van der Waals surface area contributed by atoms with Gasteiger partial charge in [-0.15, -0.1) is 0 Å². The lowest BCUT2D eigenvalue weighted by Crippen LogP contribution is -1.70. The molecule has 0 nitrogen and oxygen atoms in total. The predicted octanol–water partition coefficient (Wildman–Crippen LogP) is 2.50. The summed E-state index contributed by atoms with van der Waals surface area (Å²) in [6, 6.07) is 9.70. The van der Waals surface area contributed by atoms with Crippen LogP contribution >= 0.6 is 45.2 Å². The number of hydrogen-bond acceptors (Lipinski definition) is 0. The standard InChI is InChI=1S/C6H2I2/c7-5-3-1-2-4-6(5)8/h1,3H. The molecule has 0 amide bonds. The molecule has 0 bridgehead atoms. The molecule has 0 heterocycles. The Bertz CT molecular complexity index is 163. The number of hydrogen-bond donors (Lipinski definition) is 0. The smallest absolute Gasteiger partial charge is 0.0691 e. The van der Waals surface area contributed by atoms with Gasteiger partial charge >= 0.3 is 0 Å². The summed E-state index contributed by atoms with van der Waals surface area (Å²) in [6.45, 7) is 0. The van der Waals surface area contributed by atoms with E-state index in [2.05, 4.69) is 57.3 Å². The summed E-state index contributed by atoms with van der Waals surface area (Å²) in [6.07, 6.45) is 0. The second kappa shape index (κ2) is 2.87. The molecule has 0 aliphatic rings. The first-order valence-electron chi connectivity index (χ1n) is 2.04. The van der Waals surface area contributed by atoms with Gasteiger partial charge < -0.3 is 0 Å². The van der Waals surface area contributed by atoms with E-state index in [4.69, 9.17) is 0 Å². The summed E-state index contributed by atoms with van der Waals surface area (Å²) in [7, 11) is 0. The summed E-state index contributed by atoms with van der Waals surface area (Å²) < 4.78 is 2.38. The van der Waals surface area contributed by atoms with Crippen molar-refractivity contribution in [3.63, 3.8) is 0 Å². The van der Waals surface area contributed by atoms with Crippen LogP contribution in [0.25, 0.3) is 0 Å². The van der Waals surface area contributed by atoms with E-state index >= 15 is 0 Å². The molecule has 8 heavy (non-hydrogen) atoms. The Labute approximate surface area is 76.0 Å². The molecule has 0 fully saturated rings. The molecular formula is C6H2I2. The molecule has 0 saturated carbocycles. The summed E-state index contributed by atoms with van der Waals surface area (Å²) in [5, 5.41) is 0. The topological polar surface area (TPSA) is 0 Å². The Kier molecular flexibility index (Phi) is 2.38. The van der Waals surface area contributed by atoms with E-state index in [0.29, 0.717) is 0 Å². The zero-order chi connectivity index (χ0) is 5.98. The van der Waals surface area contributed by atoms with Crippen molar-refractivity contribution in [2.45, 2.75) is 0 Å². The lowest BCUT2D eigenvalue weighted by Gasteiger charge is -1.84. The van der Waals surface area contributed by atoms with Gasteiger partial charge in [0, 0.05) is 3.57 Å². The average molecular weight is 328 g/mol. The van der Waals surface area contributed by atoms with Gasteiger partial charge in [0.05, 0.1) is 3.57 Å². The molecule has 0 N–H and O–H groups in total. The van der Waals surface area contributed by atoms with Gasteiger partial charge in [0.2, 0.25) is 0 Å². The summed E-state index contributed by atoms with van der Waals surface area (Å²) in [4.78, 5) is 0. The van der Waals surface area contributed by atoms with Crippen LogP contribution in [0, 0.1) is 19.3 Å². The quantitative estimate of drug-likeness (QED) is 0.642. The van der Waals surface area contributed by atoms with E-state index in [9.17, 15) is 0 Å². The van der Waals surface area contributed by atoms with E-state index < -0.39 is 0 Å².